The molecule has 6 heteroatoms. The van der Waals surface area contributed by atoms with Crippen LogP contribution in [0.15, 0.2) is 65.5 Å². The molecule has 1 aliphatic rings. The van der Waals surface area contributed by atoms with Crippen molar-refractivity contribution in [1.82, 2.24) is 14.9 Å². The molecule has 4 rings (SSSR count). The number of urea groups is 1. The third-order valence-corrected chi connectivity index (χ3v) is 4.63. The topological polar surface area (TPSA) is 59.0 Å². The molecule has 1 aliphatic heterocycles. The minimum atomic E-state index is -0.223. The van der Waals surface area contributed by atoms with Crippen molar-refractivity contribution >= 4 is 27.6 Å². The average Bonchev–Trinajstić information content (AvgIpc) is 3.14. The van der Waals surface area contributed by atoms with Gasteiger partial charge >= 0.3 is 6.03 Å². The summed E-state index contributed by atoms with van der Waals surface area (Å²) < 4.78 is 3.03. The minimum Gasteiger partial charge on any atom is -0.335 e. The van der Waals surface area contributed by atoms with E-state index in [0.29, 0.717) is 6.54 Å². The van der Waals surface area contributed by atoms with Crippen molar-refractivity contribution in [2.75, 3.05) is 11.9 Å². The SMILES string of the molecule is O=C(NCC1c2ccccc2-c2cncn21)Nc1cccc(Br)c1. The molecule has 0 spiro atoms. The maximum Gasteiger partial charge on any atom is 0.319 e. The number of anilines is 1. The van der Waals surface area contributed by atoms with Crippen LogP contribution in [0.25, 0.3) is 11.3 Å². The average molecular weight is 383 g/mol. The predicted molar refractivity (Wildman–Crippen MR) is 97.0 cm³/mol. The molecule has 0 bridgehead atoms. The Labute approximate surface area is 147 Å². The van der Waals surface area contributed by atoms with Gasteiger partial charge in [-0.1, -0.05) is 46.3 Å². The third kappa shape index (κ3) is 2.69. The highest BCUT2D eigenvalue weighted by Crippen LogP contribution is 2.38. The monoisotopic (exact) mass is 382 g/mol. The molecule has 5 nitrogen and oxygen atoms in total. The van der Waals surface area contributed by atoms with Crippen molar-refractivity contribution in [2.45, 2.75) is 6.04 Å². The first-order valence-electron chi connectivity index (χ1n) is 7.64. The zero-order chi connectivity index (χ0) is 16.5. The lowest BCUT2D eigenvalue weighted by atomic mass is 10.0. The van der Waals surface area contributed by atoms with Crippen molar-refractivity contribution in [1.29, 1.82) is 0 Å². The Kier molecular flexibility index (Phi) is 3.82. The molecule has 3 aromatic rings. The van der Waals surface area contributed by atoms with Crippen molar-refractivity contribution in [2.24, 2.45) is 0 Å². The number of aromatic nitrogens is 2. The van der Waals surface area contributed by atoms with E-state index in [1.54, 1.807) is 0 Å². The number of hydrogen-bond donors (Lipinski definition) is 2. The van der Waals surface area contributed by atoms with Crippen LogP contribution >= 0.6 is 15.9 Å². The van der Waals surface area contributed by atoms with Crippen LogP contribution in [0, 0.1) is 0 Å². The fourth-order valence-electron chi connectivity index (χ4n) is 3.07. The lowest BCUT2D eigenvalue weighted by Gasteiger charge is -2.16. The second-order valence-electron chi connectivity index (χ2n) is 5.63. The van der Waals surface area contributed by atoms with E-state index >= 15 is 0 Å². The van der Waals surface area contributed by atoms with Crippen LogP contribution in [0.4, 0.5) is 10.5 Å². The van der Waals surface area contributed by atoms with Crippen molar-refractivity contribution in [3.63, 3.8) is 0 Å². The van der Waals surface area contributed by atoms with Gasteiger partial charge in [-0.2, -0.15) is 0 Å². The smallest absolute Gasteiger partial charge is 0.319 e. The minimum absolute atomic E-state index is 0.0620. The Hall–Kier alpha value is -2.60. The van der Waals surface area contributed by atoms with Crippen molar-refractivity contribution in [3.05, 3.63) is 71.1 Å². The van der Waals surface area contributed by atoms with Gasteiger partial charge in [0.1, 0.15) is 0 Å². The van der Waals surface area contributed by atoms with Crippen LogP contribution in [0.3, 0.4) is 0 Å². The van der Waals surface area contributed by atoms with Gasteiger partial charge in [-0.25, -0.2) is 9.78 Å². The number of nitrogens with one attached hydrogen (secondary N) is 2. The number of imidazole rings is 1. The lowest BCUT2D eigenvalue weighted by molar-refractivity contribution is 0.251. The second-order valence-corrected chi connectivity index (χ2v) is 6.55. The summed E-state index contributed by atoms with van der Waals surface area (Å²) in [6, 6.07) is 15.6. The van der Waals surface area contributed by atoms with Gasteiger partial charge < -0.3 is 15.2 Å². The molecule has 2 aromatic carbocycles. The van der Waals surface area contributed by atoms with Crippen LogP contribution in [0.2, 0.25) is 0 Å². The predicted octanol–water partition coefficient (Wildman–Crippen LogP) is 4.04. The van der Waals surface area contributed by atoms with E-state index < -0.39 is 0 Å². The third-order valence-electron chi connectivity index (χ3n) is 4.14. The normalized spacial score (nSPS) is 14.8. The molecule has 2 heterocycles. The number of benzene rings is 2. The zero-order valence-corrected chi connectivity index (χ0v) is 14.3. The molecule has 1 unspecified atom stereocenters. The number of hydrogen-bond acceptors (Lipinski definition) is 2. The van der Waals surface area contributed by atoms with E-state index in [1.807, 2.05) is 48.9 Å². The van der Waals surface area contributed by atoms with Crippen molar-refractivity contribution < 1.29 is 4.79 Å². The van der Waals surface area contributed by atoms with Gasteiger partial charge in [0.2, 0.25) is 0 Å². The standard InChI is InChI=1S/C18H15BrN4O/c19-12-4-3-5-13(8-12)22-18(24)21-10-17-15-7-2-1-6-14(15)16-9-20-11-23(16)17/h1-9,11,17H,10H2,(H2,21,22,24). The summed E-state index contributed by atoms with van der Waals surface area (Å²) in [5.74, 6) is 0. The van der Waals surface area contributed by atoms with E-state index in [9.17, 15) is 4.79 Å². The fourth-order valence-corrected chi connectivity index (χ4v) is 3.47. The van der Waals surface area contributed by atoms with E-state index in [1.165, 1.54) is 11.1 Å². The lowest BCUT2D eigenvalue weighted by Crippen LogP contribution is -2.33. The summed E-state index contributed by atoms with van der Waals surface area (Å²) in [6.07, 6.45) is 3.67. The van der Waals surface area contributed by atoms with Crippen LogP contribution < -0.4 is 10.6 Å². The Bertz CT molecular complexity index is 905. The highest BCUT2D eigenvalue weighted by molar-refractivity contribution is 9.10. The molecule has 0 saturated carbocycles. The Morgan fingerprint density at radius 1 is 1.21 bits per heavy atom. The van der Waals surface area contributed by atoms with Crippen LogP contribution in [0.1, 0.15) is 11.6 Å². The number of rotatable bonds is 3. The number of carbonyl (C=O) groups excluding carboxylic acids is 1. The van der Waals surface area contributed by atoms with Gasteiger partial charge in [0, 0.05) is 22.3 Å². The molecule has 2 N–H and O–H groups in total. The van der Waals surface area contributed by atoms with Crippen LogP contribution in [0.5, 0.6) is 0 Å². The molecule has 0 fully saturated rings. The summed E-state index contributed by atoms with van der Waals surface area (Å²) in [4.78, 5) is 16.4. The van der Waals surface area contributed by atoms with Gasteiger partial charge in [0.05, 0.1) is 24.3 Å². The van der Waals surface area contributed by atoms with Crippen LogP contribution in [-0.2, 0) is 0 Å². The number of nitrogens with zero attached hydrogens (tertiary/aromatic N) is 2. The molecule has 0 aliphatic carbocycles. The number of halogens is 1. The first-order valence-corrected chi connectivity index (χ1v) is 8.43. The highest BCUT2D eigenvalue weighted by Gasteiger charge is 2.28. The second kappa shape index (κ2) is 6.13. The number of amides is 2. The number of carbonyl (C=O) groups is 1. The summed E-state index contributed by atoms with van der Waals surface area (Å²) in [7, 11) is 0. The molecule has 120 valence electrons. The first kappa shape index (κ1) is 15.0. The summed E-state index contributed by atoms with van der Waals surface area (Å²) in [5.41, 5.74) is 4.22. The van der Waals surface area contributed by atoms with Crippen molar-refractivity contribution in [3.8, 4) is 11.3 Å². The van der Waals surface area contributed by atoms with Gasteiger partial charge in [-0.05, 0) is 23.8 Å². The van der Waals surface area contributed by atoms with E-state index in [-0.39, 0.29) is 12.1 Å². The molecule has 0 saturated heterocycles. The molecule has 1 aromatic heterocycles. The molecule has 2 amide bonds. The molecule has 0 radical (unpaired) electrons. The van der Waals surface area contributed by atoms with E-state index in [0.717, 1.165) is 15.9 Å². The zero-order valence-electron chi connectivity index (χ0n) is 12.7. The maximum atomic E-state index is 12.2. The van der Waals surface area contributed by atoms with Gasteiger partial charge in [0.25, 0.3) is 0 Å². The molecule has 1 atom stereocenters. The highest BCUT2D eigenvalue weighted by atomic mass is 79.9. The van der Waals surface area contributed by atoms with Gasteiger partial charge in [-0.3, -0.25) is 0 Å². The molecular formula is C18H15BrN4O. The van der Waals surface area contributed by atoms with Crippen LogP contribution in [-0.4, -0.2) is 22.1 Å². The van der Waals surface area contributed by atoms with Gasteiger partial charge in [-0.15, -0.1) is 0 Å². The maximum absolute atomic E-state index is 12.2. The Balaban J connectivity index is 1.47. The van der Waals surface area contributed by atoms with E-state index in [2.05, 4.69) is 48.2 Å². The molecule has 24 heavy (non-hydrogen) atoms. The fraction of sp³-hybridized carbons (Fsp3) is 0.111. The molecular weight excluding hydrogens is 368 g/mol. The van der Waals surface area contributed by atoms with E-state index in [4.69, 9.17) is 0 Å². The number of fused-ring (bicyclic) bond motifs is 3. The summed E-state index contributed by atoms with van der Waals surface area (Å²) in [5, 5.41) is 5.79. The van der Waals surface area contributed by atoms with Gasteiger partial charge in [0.15, 0.2) is 0 Å². The summed E-state index contributed by atoms with van der Waals surface area (Å²) in [6.45, 7) is 0.500. The largest absolute Gasteiger partial charge is 0.335 e. The summed E-state index contributed by atoms with van der Waals surface area (Å²) >= 11 is 3.39. The quantitative estimate of drug-likeness (QED) is 0.717. The Morgan fingerprint density at radius 2 is 2.08 bits per heavy atom. The first-order chi connectivity index (χ1) is 11.7. The Morgan fingerprint density at radius 3 is 2.96 bits per heavy atom.